The second-order valence-corrected chi connectivity index (χ2v) is 5.47. The fraction of sp³-hybridized carbons (Fsp3) is 0.333. The Kier molecular flexibility index (Phi) is 6.12. The van der Waals surface area contributed by atoms with Crippen LogP contribution in [-0.4, -0.2) is 38.2 Å². The smallest absolute Gasteiger partial charge is 0.421 e. The Hall–Kier alpha value is -2.13. The van der Waals surface area contributed by atoms with Crippen molar-refractivity contribution in [3.63, 3.8) is 0 Å². The van der Waals surface area contributed by atoms with Crippen LogP contribution >= 0.6 is 0 Å². The number of ether oxygens (including phenoxy) is 1. The van der Waals surface area contributed by atoms with Crippen LogP contribution in [0.5, 0.6) is 0 Å². The number of amides is 1. The third-order valence-electron chi connectivity index (χ3n) is 2.37. The second kappa shape index (κ2) is 7.60. The van der Waals surface area contributed by atoms with Crippen LogP contribution in [0.3, 0.4) is 0 Å². The van der Waals surface area contributed by atoms with E-state index in [1.54, 1.807) is 35.1 Å². The number of carboxylic acids is 1. The van der Waals surface area contributed by atoms with Crippen LogP contribution in [0, 0.1) is 0 Å². The van der Waals surface area contributed by atoms with E-state index in [4.69, 9.17) is 5.11 Å². The van der Waals surface area contributed by atoms with E-state index >= 15 is 0 Å². The number of nitrogens with one attached hydrogen (secondary N) is 2. The first-order valence-corrected chi connectivity index (χ1v) is 7.56. The molecule has 0 heterocycles. The molecule has 1 atom stereocenters. The summed E-state index contributed by atoms with van der Waals surface area (Å²) in [4.78, 5) is 22.2. The fourth-order valence-corrected chi connectivity index (χ4v) is 2.41. The summed E-state index contributed by atoms with van der Waals surface area (Å²) in [5.74, 6) is -1.35. The molecule has 0 saturated carbocycles. The van der Waals surface area contributed by atoms with Gasteiger partial charge in [-0.1, -0.05) is 30.3 Å². The molecular formula is C12H16N2O6S. The Morgan fingerprint density at radius 2 is 1.90 bits per heavy atom. The zero-order valence-corrected chi connectivity index (χ0v) is 12.1. The van der Waals surface area contributed by atoms with Crippen molar-refractivity contribution in [3.05, 3.63) is 35.9 Å². The maximum atomic E-state index is 11.6. The maximum Gasteiger partial charge on any atom is 0.421 e. The molecule has 0 aliphatic carbocycles. The topological polar surface area (TPSA) is 122 Å². The molecule has 1 rings (SSSR count). The summed E-state index contributed by atoms with van der Waals surface area (Å²) in [5, 5.41) is 9.06. The Bertz CT molecular complexity index is 587. The van der Waals surface area contributed by atoms with Gasteiger partial charge in [-0.25, -0.2) is 9.52 Å². The molecule has 1 amide bonds. The standard InChI is InChI=1S/C12H16N2O6S/c1-2-20-12(17)14-21(18,19)13-10(11(15)16)8-9-6-4-3-5-7-9/h3-7,10,13H,2,8H2,1H3,(H,14,17)(H,15,16). The number of carbonyl (C=O) groups excluding carboxylic acids is 1. The number of carboxylic acid groups (broad SMARTS) is 1. The lowest BCUT2D eigenvalue weighted by Crippen LogP contribution is -2.49. The van der Waals surface area contributed by atoms with Crippen molar-refractivity contribution in [2.45, 2.75) is 19.4 Å². The van der Waals surface area contributed by atoms with E-state index in [1.165, 1.54) is 6.92 Å². The van der Waals surface area contributed by atoms with Gasteiger partial charge < -0.3 is 9.84 Å². The van der Waals surface area contributed by atoms with E-state index in [0.717, 1.165) is 0 Å². The summed E-state index contributed by atoms with van der Waals surface area (Å²) in [7, 11) is -4.32. The van der Waals surface area contributed by atoms with Gasteiger partial charge in [0.15, 0.2) is 0 Å². The first-order chi connectivity index (χ1) is 9.84. The molecule has 3 N–H and O–H groups in total. The van der Waals surface area contributed by atoms with E-state index in [-0.39, 0.29) is 13.0 Å². The number of rotatable bonds is 7. The van der Waals surface area contributed by atoms with Gasteiger partial charge >= 0.3 is 22.3 Å². The average molecular weight is 316 g/mol. The van der Waals surface area contributed by atoms with Gasteiger partial charge in [-0.05, 0) is 18.9 Å². The zero-order valence-electron chi connectivity index (χ0n) is 11.3. The molecule has 8 nitrogen and oxygen atoms in total. The minimum absolute atomic E-state index is 0.00622. The molecule has 1 aromatic rings. The molecule has 9 heteroatoms. The van der Waals surface area contributed by atoms with E-state index in [0.29, 0.717) is 5.56 Å². The van der Waals surface area contributed by atoms with Crippen molar-refractivity contribution in [1.29, 1.82) is 0 Å². The molecule has 116 valence electrons. The van der Waals surface area contributed by atoms with E-state index in [9.17, 15) is 18.0 Å². The zero-order chi connectivity index (χ0) is 15.9. The van der Waals surface area contributed by atoms with Crippen molar-refractivity contribution in [1.82, 2.24) is 9.44 Å². The van der Waals surface area contributed by atoms with Crippen molar-refractivity contribution >= 4 is 22.3 Å². The maximum absolute atomic E-state index is 11.6. The lowest BCUT2D eigenvalue weighted by atomic mass is 10.1. The highest BCUT2D eigenvalue weighted by atomic mass is 32.2. The van der Waals surface area contributed by atoms with Gasteiger partial charge in [0.05, 0.1) is 6.61 Å². The van der Waals surface area contributed by atoms with Crippen molar-refractivity contribution in [2.75, 3.05) is 6.61 Å². The van der Waals surface area contributed by atoms with Gasteiger partial charge in [-0.15, -0.1) is 0 Å². The highest BCUT2D eigenvalue weighted by Crippen LogP contribution is 2.04. The van der Waals surface area contributed by atoms with Gasteiger partial charge in [-0.2, -0.15) is 13.1 Å². The quantitative estimate of drug-likeness (QED) is 0.663. The largest absolute Gasteiger partial charge is 0.480 e. The molecule has 0 aliphatic rings. The molecule has 0 fully saturated rings. The van der Waals surface area contributed by atoms with Crippen LogP contribution in [-0.2, 0) is 26.2 Å². The van der Waals surface area contributed by atoms with Crippen molar-refractivity contribution in [2.24, 2.45) is 0 Å². The lowest BCUT2D eigenvalue weighted by Gasteiger charge is -2.15. The van der Waals surface area contributed by atoms with E-state index in [2.05, 4.69) is 4.74 Å². The number of aliphatic carboxylic acids is 1. The van der Waals surface area contributed by atoms with Gasteiger partial charge in [0.1, 0.15) is 6.04 Å². The summed E-state index contributed by atoms with van der Waals surface area (Å²) in [6, 6.07) is 7.11. The summed E-state index contributed by atoms with van der Waals surface area (Å²) >= 11 is 0. The number of hydrogen-bond donors (Lipinski definition) is 3. The highest BCUT2D eigenvalue weighted by Gasteiger charge is 2.25. The second-order valence-electron chi connectivity index (χ2n) is 4.02. The Morgan fingerprint density at radius 3 is 2.43 bits per heavy atom. The molecule has 0 bridgehead atoms. The summed E-state index contributed by atoms with van der Waals surface area (Å²) < 4.78 is 31.1. The first kappa shape index (κ1) is 16.9. The normalized spacial score (nSPS) is 12.4. The Balaban J connectivity index is 2.74. The van der Waals surface area contributed by atoms with Gasteiger partial charge in [0, 0.05) is 0 Å². The van der Waals surface area contributed by atoms with Crippen molar-refractivity contribution < 1.29 is 27.9 Å². The minimum atomic E-state index is -4.32. The third kappa shape index (κ3) is 6.23. The summed E-state index contributed by atoms with van der Waals surface area (Å²) in [6.07, 6.45) is -1.23. The summed E-state index contributed by atoms with van der Waals surface area (Å²) in [6.45, 7) is 1.50. The molecule has 0 aliphatic heterocycles. The number of hydrogen-bond acceptors (Lipinski definition) is 5. The van der Waals surface area contributed by atoms with Gasteiger partial charge in [0.2, 0.25) is 0 Å². The Morgan fingerprint density at radius 1 is 1.29 bits per heavy atom. The summed E-state index contributed by atoms with van der Waals surface area (Å²) in [5.41, 5.74) is 0.642. The molecule has 1 aromatic carbocycles. The number of benzene rings is 1. The molecular weight excluding hydrogens is 300 g/mol. The number of carbonyl (C=O) groups is 2. The monoisotopic (exact) mass is 316 g/mol. The molecule has 1 unspecified atom stereocenters. The molecule has 0 spiro atoms. The van der Waals surface area contributed by atoms with Crippen LogP contribution in [0.15, 0.2) is 30.3 Å². The predicted octanol–water partition coefficient (Wildman–Crippen LogP) is 0.263. The van der Waals surface area contributed by atoms with Gasteiger partial charge in [-0.3, -0.25) is 4.79 Å². The lowest BCUT2D eigenvalue weighted by molar-refractivity contribution is -0.138. The van der Waals surface area contributed by atoms with Crippen LogP contribution < -0.4 is 9.44 Å². The fourth-order valence-electron chi connectivity index (χ4n) is 1.52. The molecule has 0 saturated heterocycles. The highest BCUT2D eigenvalue weighted by molar-refractivity contribution is 7.88. The minimum Gasteiger partial charge on any atom is -0.480 e. The van der Waals surface area contributed by atoms with Crippen LogP contribution in [0.25, 0.3) is 0 Å². The van der Waals surface area contributed by atoms with Crippen LogP contribution in [0.4, 0.5) is 4.79 Å². The molecule has 0 aromatic heterocycles. The predicted molar refractivity (Wildman–Crippen MR) is 73.8 cm³/mol. The average Bonchev–Trinajstić information content (AvgIpc) is 2.38. The third-order valence-corrected chi connectivity index (χ3v) is 3.40. The van der Waals surface area contributed by atoms with Crippen LogP contribution in [0.2, 0.25) is 0 Å². The molecule has 0 radical (unpaired) electrons. The van der Waals surface area contributed by atoms with Gasteiger partial charge in [0.25, 0.3) is 0 Å². The van der Waals surface area contributed by atoms with Crippen molar-refractivity contribution in [3.8, 4) is 0 Å². The molecule has 21 heavy (non-hydrogen) atoms. The first-order valence-electron chi connectivity index (χ1n) is 6.07. The Labute approximate surface area is 122 Å². The van der Waals surface area contributed by atoms with E-state index < -0.39 is 28.3 Å². The van der Waals surface area contributed by atoms with E-state index in [1.807, 2.05) is 4.72 Å². The van der Waals surface area contributed by atoms with Crippen LogP contribution in [0.1, 0.15) is 12.5 Å². The SMILES string of the molecule is CCOC(=O)NS(=O)(=O)NC(Cc1ccccc1)C(=O)O.